The zero-order chi connectivity index (χ0) is 19.7. The quantitative estimate of drug-likeness (QED) is 0.498. The van der Waals surface area contributed by atoms with E-state index in [0.717, 1.165) is 33.3 Å². The minimum atomic E-state index is -0.696. The molecule has 5 nitrogen and oxygen atoms in total. The van der Waals surface area contributed by atoms with Crippen LogP contribution in [0.25, 0.3) is 27.8 Å². The summed E-state index contributed by atoms with van der Waals surface area (Å²) in [7, 11) is 1.91. The number of aryl methyl sites for hydroxylation is 1. The molecule has 3 aromatic heterocycles. The van der Waals surface area contributed by atoms with E-state index in [0.29, 0.717) is 0 Å². The summed E-state index contributed by atoms with van der Waals surface area (Å²) in [5.74, 6) is 6.23. The molecule has 0 radical (unpaired) electrons. The Morgan fingerprint density at radius 3 is 2.39 bits per heavy atom. The molecule has 0 amide bonds. The highest BCUT2D eigenvalue weighted by Crippen LogP contribution is 2.29. The van der Waals surface area contributed by atoms with E-state index < -0.39 is 5.41 Å². The van der Waals surface area contributed by atoms with Crippen molar-refractivity contribution in [2.75, 3.05) is 0 Å². The monoisotopic (exact) mass is 365 g/mol. The summed E-state index contributed by atoms with van der Waals surface area (Å²) in [6.45, 7) is 3.63. The van der Waals surface area contributed by atoms with Gasteiger partial charge in [0.15, 0.2) is 0 Å². The summed E-state index contributed by atoms with van der Waals surface area (Å²) in [5.41, 5.74) is 5.38. The van der Waals surface area contributed by atoms with Crippen molar-refractivity contribution in [2.24, 2.45) is 12.5 Å². The minimum absolute atomic E-state index is 0.696. The van der Waals surface area contributed by atoms with Gasteiger partial charge < -0.3 is 0 Å². The van der Waals surface area contributed by atoms with E-state index in [1.807, 2.05) is 62.3 Å². The predicted octanol–water partition coefficient (Wildman–Crippen LogP) is 4.30. The number of hydrogen-bond donors (Lipinski definition) is 0. The number of hydrogen-bond acceptors (Lipinski definition) is 3. The lowest BCUT2D eigenvalue weighted by molar-refractivity contribution is 0.674. The van der Waals surface area contributed by atoms with Crippen molar-refractivity contribution in [3.05, 3.63) is 66.7 Å². The molecule has 0 spiro atoms. The predicted molar refractivity (Wildman–Crippen MR) is 109 cm³/mol. The molecule has 0 aliphatic heterocycles. The van der Waals surface area contributed by atoms with E-state index in [9.17, 15) is 5.26 Å². The van der Waals surface area contributed by atoms with Gasteiger partial charge in [-0.1, -0.05) is 36.1 Å². The third-order valence-corrected chi connectivity index (χ3v) is 4.56. The van der Waals surface area contributed by atoms with Crippen LogP contribution in [0.2, 0.25) is 0 Å². The van der Waals surface area contributed by atoms with Gasteiger partial charge in [-0.15, -0.1) is 0 Å². The van der Waals surface area contributed by atoms with E-state index in [1.54, 1.807) is 4.68 Å². The van der Waals surface area contributed by atoms with Crippen LogP contribution in [0.4, 0.5) is 0 Å². The fourth-order valence-corrected chi connectivity index (χ4v) is 3.02. The number of benzene rings is 1. The lowest BCUT2D eigenvalue weighted by atomic mass is 9.96. The number of fused-ring (bicyclic) bond motifs is 1. The van der Waals surface area contributed by atoms with E-state index >= 15 is 0 Å². The smallest absolute Gasteiger partial charge is 0.112 e. The number of nitriles is 1. The lowest BCUT2D eigenvalue weighted by Crippen LogP contribution is -2.03. The molecule has 4 rings (SSSR count). The molecule has 28 heavy (non-hydrogen) atoms. The number of aromatic nitrogens is 4. The molecule has 0 unspecified atom stereocenters. The van der Waals surface area contributed by atoms with E-state index in [4.69, 9.17) is 0 Å². The Bertz CT molecular complexity index is 1250. The standard InChI is InChI=1S/C23H19N5/c1-23(2,16-24)11-10-19-5-4-12-28-22(19)21(14-26-28)18-8-6-17(7-9-18)20-13-25-27(3)15-20/h4-9,12-15H,1-3H3. The fraction of sp³-hybridized carbons (Fsp3) is 0.174. The Balaban J connectivity index is 1.78. The van der Waals surface area contributed by atoms with Gasteiger partial charge in [-0.25, -0.2) is 4.52 Å². The van der Waals surface area contributed by atoms with Gasteiger partial charge >= 0.3 is 0 Å². The summed E-state index contributed by atoms with van der Waals surface area (Å²) in [6.07, 6.45) is 7.61. The maximum Gasteiger partial charge on any atom is 0.112 e. The number of pyridine rings is 1. The molecule has 0 aliphatic rings. The zero-order valence-electron chi connectivity index (χ0n) is 16.0. The van der Waals surface area contributed by atoms with Crippen molar-refractivity contribution in [3.8, 4) is 40.2 Å². The van der Waals surface area contributed by atoms with Crippen molar-refractivity contribution >= 4 is 5.52 Å². The zero-order valence-corrected chi connectivity index (χ0v) is 16.0. The Kier molecular flexibility index (Phi) is 4.22. The molecular formula is C23H19N5. The van der Waals surface area contributed by atoms with Crippen molar-refractivity contribution in [2.45, 2.75) is 13.8 Å². The van der Waals surface area contributed by atoms with Crippen LogP contribution in [0, 0.1) is 28.6 Å². The summed E-state index contributed by atoms with van der Waals surface area (Å²) in [5, 5.41) is 17.9. The lowest BCUT2D eigenvalue weighted by Gasteiger charge is -2.05. The molecular weight excluding hydrogens is 346 g/mol. The molecule has 0 saturated carbocycles. The summed E-state index contributed by atoms with van der Waals surface area (Å²) in [4.78, 5) is 0. The van der Waals surface area contributed by atoms with E-state index in [1.165, 1.54) is 0 Å². The van der Waals surface area contributed by atoms with Gasteiger partial charge in [-0.2, -0.15) is 15.5 Å². The van der Waals surface area contributed by atoms with Crippen molar-refractivity contribution in [1.82, 2.24) is 19.4 Å². The molecule has 0 N–H and O–H groups in total. The highest BCUT2D eigenvalue weighted by atomic mass is 15.2. The SMILES string of the molecule is Cn1cc(-c2ccc(-c3cnn4cccc(C#CC(C)(C)C#N)c34)cc2)cn1. The fourth-order valence-electron chi connectivity index (χ4n) is 3.02. The Labute approximate surface area is 163 Å². The van der Waals surface area contributed by atoms with Gasteiger partial charge in [-0.3, -0.25) is 4.68 Å². The van der Waals surface area contributed by atoms with Gasteiger partial charge in [0.2, 0.25) is 0 Å². The second-order valence-corrected chi connectivity index (χ2v) is 7.24. The van der Waals surface area contributed by atoms with Crippen LogP contribution in [-0.4, -0.2) is 19.4 Å². The average Bonchev–Trinajstić information content (AvgIpc) is 3.33. The van der Waals surface area contributed by atoms with Crippen LogP contribution in [0.15, 0.2) is 61.2 Å². The maximum atomic E-state index is 9.22. The second-order valence-electron chi connectivity index (χ2n) is 7.24. The average molecular weight is 365 g/mol. The molecule has 0 atom stereocenters. The largest absolute Gasteiger partial charge is 0.275 e. The van der Waals surface area contributed by atoms with Crippen LogP contribution in [0.3, 0.4) is 0 Å². The highest BCUT2D eigenvalue weighted by Gasteiger charge is 2.13. The van der Waals surface area contributed by atoms with E-state index in [-0.39, 0.29) is 0 Å². The first-order valence-electron chi connectivity index (χ1n) is 8.97. The normalized spacial score (nSPS) is 11.1. The van der Waals surface area contributed by atoms with Crippen LogP contribution < -0.4 is 0 Å². The molecule has 1 aromatic carbocycles. The first-order chi connectivity index (χ1) is 13.5. The highest BCUT2D eigenvalue weighted by molar-refractivity contribution is 5.85. The Hall–Kier alpha value is -3.83. The van der Waals surface area contributed by atoms with Crippen LogP contribution in [0.5, 0.6) is 0 Å². The van der Waals surface area contributed by atoms with Crippen molar-refractivity contribution in [1.29, 1.82) is 5.26 Å². The first kappa shape index (κ1) is 17.6. The Morgan fingerprint density at radius 2 is 1.71 bits per heavy atom. The summed E-state index contributed by atoms with van der Waals surface area (Å²) < 4.78 is 3.62. The molecule has 0 aliphatic carbocycles. The third kappa shape index (κ3) is 3.26. The molecule has 0 saturated heterocycles. The van der Waals surface area contributed by atoms with Gasteiger partial charge in [0.05, 0.1) is 29.5 Å². The van der Waals surface area contributed by atoms with Gasteiger partial charge in [-0.05, 0) is 37.1 Å². The van der Waals surface area contributed by atoms with E-state index in [2.05, 4.69) is 52.4 Å². The molecule has 3 heterocycles. The molecule has 5 heteroatoms. The van der Waals surface area contributed by atoms with Crippen LogP contribution in [0.1, 0.15) is 19.4 Å². The number of nitrogens with zero attached hydrogens (tertiary/aromatic N) is 5. The third-order valence-electron chi connectivity index (χ3n) is 4.56. The van der Waals surface area contributed by atoms with Gasteiger partial charge in [0.1, 0.15) is 5.41 Å². The topological polar surface area (TPSA) is 58.9 Å². The summed E-state index contributed by atoms with van der Waals surface area (Å²) in [6, 6.07) is 14.4. The van der Waals surface area contributed by atoms with Crippen molar-refractivity contribution in [3.63, 3.8) is 0 Å². The minimum Gasteiger partial charge on any atom is -0.275 e. The maximum absolute atomic E-state index is 9.22. The second kappa shape index (κ2) is 6.72. The van der Waals surface area contributed by atoms with Crippen LogP contribution >= 0.6 is 0 Å². The number of rotatable bonds is 2. The first-order valence-corrected chi connectivity index (χ1v) is 8.97. The molecule has 136 valence electrons. The van der Waals surface area contributed by atoms with Crippen molar-refractivity contribution < 1.29 is 0 Å². The summed E-state index contributed by atoms with van der Waals surface area (Å²) >= 11 is 0. The van der Waals surface area contributed by atoms with Crippen LogP contribution in [-0.2, 0) is 7.05 Å². The Morgan fingerprint density at radius 1 is 0.964 bits per heavy atom. The van der Waals surface area contributed by atoms with Gasteiger partial charge in [0.25, 0.3) is 0 Å². The molecule has 4 aromatic rings. The molecule has 0 bridgehead atoms. The molecule has 0 fully saturated rings. The van der Waals surface area contributed by atoms with Gasteiger partial charge in [0, 0.05) is 30.6 Å².